The summed E-state index contributed by atoms with van der Waals surface area (Å²) in [5, 5.41) is 6.52. The van der Waals surface area contributed by atoms with E-state index in [1.165, 1.54) is 54.3 Å². The van der Waals surface area contributed by atoms with Gasteiger partial charge in [-0.25, -0.2) is 0 Å². The fraction of sp³-hybridized carbons (Fsp3) is 0. The second-order valence-electron chi connectivity index (χ2n) is 15.0. The Morgan fingerprint density at radius 2 is 0.789 bits per heavy atom. The van der Waals surface area contributed by atoms with Crippen molar-refractivity contribution in [3.8, 4) is 44.5 Å². The Balaban J connectivity index is 0.817. The van der Waals surface area contributed by atoms with Crippen LogP contribution < -0.4 is 0 Å². The van der Waals surface area contributed by atoms with E-state index in [0.717, 1.165) is 71.1 Å². The van der Waals surface area contributed by atoms with E-state index in [1.54, 1.807) is 0 Å². The van der Waals surface area contributed by atoms with Gasteiger partial charge in [0.1, 0.15) is 16.7 Å². The third-order valence-corrected chi connectivity index (χ3v) is 14.1. The van der Waals surface area contributed by atoms with Crippen LogP contribution in [0.15, 0.2) is 199 Å². The minimum Gasteiger partial charge on any atom is -0.452 e. The summed E-state index contributed by atoms with van der Waals surface area (Å²) in [5.74, 6) is 0. The van der Waals surface area contributed by atoms with Crippen LogP contribution in [-0.4, -0.2) is 4.86 Å². The number of benzene rings is 8. The van der Waals surface area contributed by atoms with Gasteiger partial charge in [0.05, 0.1) is 0 Å². The van der Waals surface area contributed by atoms with Crippen molar-refractivity contribution in [3.63, 3.8) is 0 Å². The lowest BCUT2D eigenvalue weighted by molar-refractivity contribution is 0.512. The maximum Gasteiger partial charge on any atom is 0.178 e. The van der Waals surface area contributed by atoms with Crippen molar-refractivity contribution in [2.75, 3.05) is 0 Å². The summed E-state index contributed by atoms with van der Waals surface area (Å²) in [6.45, 7) is 0. The van der Waals surface area contributed by atoms with E-state index in [-0.39, 0.29) is 10.5 Å². The molecule has 266 valence electrons. The van der Waals surface area contributed by atoms with Crippen molar-refractivity contribution in [2.45, 2.75) is 9.99 Å². The SMILES string of the molecule is C1=Cc2c(oc3ccc(-c4ccc(-c5ccc6oc7c(ccc8c9cc(-c%10ccccc%10)ccc9oc87)c6c5)cc4)cc23)S2=C1c1cc(-c3ccccc3)ccc12. The predicted octanol–water partition coefficient (Wildman–Crippen LogP) is 15.1. The zero-order chi connectivity index (χ0) is 37.2. The molecule has 0 fully saturated rings. The highest BCUT2D eigenvalue weighted by Gasteiger charge is 2.32. The number of fused-ring (bicyclic) bond motifs is 14. The highest BCUT2D eigenvalue weighted by molar-refractivity contribution is 8.18. The fourth-order valence-electron chi connectivity index (χ4n) is 8.91. The molecule has 13 rings (SSSR count). The lowest BCUT2D eigenvalue weighted by atomic mass is 9.97. The zero-order valence-electron chi connectivity index (χ0n) is 30.5. The summed E-state index contributed by atoms with van der Waals surface area (Å²) in [6, 6.07) is 60.6. The van der Waals surface area contributed by atoms with Gasteiger partial charge in [-0.05, 0) is 117 Å². The van der Waals surface area contributed by atoms with Crippen LogP contribution in [0.2, 0.25) is 0 Å². The van der Waals surface area contributed by atoms with Crippen LogP contribution in [0, 0.1) is 0 Å². The quantitative estimate of drug-likeness (QED) is 0.168. The highest BCUT2D eigenvalue weighted by atomic mass is 32.2. The molecule has 4 heteroatoms. The molecule has 2 aliphatic heterocycles. The first-order valence-electron chi connectivity index (χ1n) is 19.3. The molecule has 2 aliphatic rings. The van der Waals surface area contributed by atoms with Gasteiger partial charge in [-0.15, -0.1) is 0 Å². The number of hydrogen-bond acceptors (Lipinski definition) is 3. The summed E-state index contributed by atoms with van der Waals surface area (Å²) in [7, 11) is -0.161. The van der Waals surface area contributed by atoms with E-state index in [1.807, 2.05) is 6.07 Å². The van der Waals surface area contributed by atoms with Gasteiger partial charge in [0.15, 0.2) is 16.3 Å². The van der Waals surface area contributed by atoms with E-state index in [2.05, 4.69) is 176 Å². The third-order valence-electron chi connectivity index (χ3n) is 11.8. The molecule has 0 amide bonds. The first-order chi connectivity index (χ1) is 28.2. The lowest BCUT2D eigenvalue weighted by Gasteiger charge is -2.29. The molecule has 3 nitrogen and oxygen atoms in total. The molecule has 8 aromatic carbocycles. The molecular weight excluding hydrogens is 717 g/mol. The predicted molar refractivity (Wildman–Crippen MR) is 236 cm³/mol. The van der Waals surface area contributed by atoms with Crippen LogP contribution in [0.25, 0.3) is 105 Å². The molecule has 0 aliphatic carbocycles. The lowest BCUT2D eigenvalue weighted by Crippen LogP contribution is -2.13. The van der Waals surface area contributed by atoms with E-state index in [4.69, 9.17) is 13.3 Å². The van der Waals surface area contributed by atoms with E-state index in [9.17, 15) is 0 Å². The molecule has 1 unspecified atom stereocenters. The highest BCUT2D eigenvalue weighted by Crippen LogP contribution is 2.55. The zero-order valence-corrected chi connectivity index (χ0v) is 31.3. The maximum atomic E-state index is 6.61. The van der Waals surface area contributed by atoms with Gasteiger partial charge in [-0.1, -0.05) is 120 Å². The molecule has 3 aromatic heterocycles. The Kier molecular flexibility index (Phi) is 6.38. The molecule has 1 atom stereocenters. The molecule has 0 saturated carbocycles. The monoisotopic (exact) mass is 746 g/mol. The molecule has 57 heavy (non-hydrogen) atoms. The average molecular weight is 747 g/mol. The Labute approximate surface area is 329 Å². The van der Waals surface area contributed by atoms with Crippen molar-refractivity contribution >= 4 is 76.3 Å². The summed E-state index contributed by atoms with van der Waals surface area (Å²) in [4.78, 5) is 2.74. The van der Waals surface area contributed by atoms with Gasteiger partial charge in [0.25, 0.3) is 0 Å². The van der Waals surface area contributed by atoms with Gasteiger partial charge in [0.2, 0.25) is 0 Å². The second-order valence-corrected chi connectivity index (χ2v) is 16.8. The number of hydrogen-bond donors (Lipinski definition) is 0. The van der Waals surface area contributed by atoms with Crippen molar-refractivity contribution < 1.29 is 13.3 Å². The fourth-order valence-corrected chi connectivity index (χ4v) is 11.1. The Morgan fingerprint density at radius 1 is 0.333 bits per heavy atom. The van der Waals surface area contributed by atoms with Gasteiger partial charge in [-0.2, -0.15) is 0 Å². The first kappa shape index (κ1) is 31.1. The summed E-state index contributed by atoms with van der Waals surface area (Å²) in [6.07, 6.45) is 4.56. The average Bonchev–Trinajstić information content (AvgIpc) is 3.96. The minimum absolute atomic E-state index is 0.161. The van der Waals surface area contributed by atoms with E-state index >= 15 is 0 Å². The molecule has 0 spiro atoms. The Bertz CT molecular complexity index is 3540. The van der Waals surface area contributed by atoms with Crippen LogP contribution in [0.5, 0.6) is 0 Å². The minimum atomic E-state index is -0.161. The normalized spacial score (nSPS) is 14.4. The van der Waals surface area contributed by atoms with Crippen LogP contribution in [-0.2, 0) is 0 Å². The smallest absolute Gasteiger partial charge is 0.178 e. The van der Waals surface area contributed by atoms with Crippen molar-refractivity contribution in [2.24, 2.45) is 0 Å². The molecule has 0 saturated heterocycles. The number of rotatable bonds is 4. The first-order valence-corrected chi connectivity index (χ1v) is 20.5. The van der Waals surface area contributed by atoms with Crippen LogP contribution >= 0.6 is 10.5 Å². The van der Waals surface area contributed by atoms with Gasteiger partial charge in [-0.3, -0.25) is 0 Å². The van der Waals surface area contributed by atoms with Crippen molar-refractivity contribution in [3.05, 3.63) is 187 Å². The number of furan rings is 3. The van der Waals surface area contributed by atoms with E-state index < -0.39 is 0 Å². The van der Waals surface area contributed by atoms with Crippen molar-refractivity contribution in [1.82, 2.24) is 0 Å². The molecule has 0 bridgehead atoms. The summed E-state index contributed by atoms with van der Waals surface area (Å²) >= 11 is 0. The molecule has 5 heterocycles. The number of allylic oxidation sites excluding steroid dienone is 1. The third kappa shape index (κ3) is 4.59. The van der Waals surface area contributed by atoms with Crippen LogP contribution in [0.1, 0.15) is 11.1 Å². The van der Waals surface area contributed by atoms with Crippen molar-refractivity contribution in [1.29, 1.82) is 0 Å². The van der Waals surface area contributed by atoms with E-state index in [0.29, 0.717) is 0 Å². The summed E-state index contributed by atoms with van der Waals surface area (Å²) < 4.78 is 19.6. The maximum absolute atomic E-state index is 6.61. The van der Waals surface area contributed by atoms with Crippen LogP contribution in [0.3, 0.4) is 0 Å². The molecule has 0 N–H and O–H groups in total. The molecular formula is C53H30O3S. The topological polar surface area (TPSA) is 39.4 Å². The van der Waals surface area contributed by atoms with Gasteiger partial charge < -0.3 is 13.3 Å². The Morgan fingerprint density at radius 3 is 1.35 bits per heavy atom. The van der Waals surface area contributed by atoms with Crippen LogP contribution in [0.4, 0.5) is 0 Å². The van der Waals surface area contributed by atoms with Gasteiger partial charge >= 0.3 is 0 Å². The molecule has 11 aromatic rings. The van der Waals surface area contributed by atoms with Gasteiger partial charge in [0, 0.05) is 47.8 Å². The largest absolute Gasteiger partial charge is 0.452 e. The molecule has 0 radical (unpaired) electrons. The summed E-state index contributed by atoms with van der Waals surface area (Å²) in [5.41, 5.74) is 16.2. The standard InChI is InChI=1S/C53H30O3S/c1-3-7-31(8-4-1)35-15-22-46-42(27-35)39-19-20-40-43-28-36(16-23-47(43)55-52(40)51(39)54-46)33-11-13-34(14-12-33)37-17-24-48-44(29-37)41-21-26-50-45-30-38(32-9-5-2-6-10-32)18-25-49(45)57(50)53(41)56-48/h1-30H. The Hall–Kier alpha value is -7.14. The second kappa shape index (κ2) is 11.7.